The standard InChI is InChI=1S/C31H37ClN4O2S/c1-7-23-16-17-24(28(37)33-6)35(23)29(38)26-25(18(2)3)36-27(20-10-8-19(4)9-11-20)31(5,34-30(36)39-26)21-12-14-22(32)15-13-21/h8-15,18,23-24,27H,7,16-17H2,1-6H3,(H,33,37)/t23-,24?,27-,31?/m1/s1. The monoisotopic (exact) mass is 564 g/mol. The van der Waals surface area contributed by atoms with Gasteiger partial charge in [-0.3, -0.25) is 9.59 Å². The van der Waals surface area contributed by atoms with Gasteiger partial charge in [0.05, 0.1) is 6.04 Å². The fourth-order valence-corrected chi connectivity index (χ4v) is 7.78. The minimum atomic E-state index is -0.582. The summed E-state index contributed by atoms with van der Waals surface area (Å²) in [7, 11) is 1.64. The van der Waals surface area contributed by atoms with Crippen LogP contribution in [-0.2, 0) is 15.1 Å². The highest BCUT2D eigenvalue weighted by Gasteiger charge is 2.54. The van der Waals surface area contributed by atoms with Crippen molar-refractivity contribution in [2.45, 2.75) is 77.5 Å². The van der Waals surface area contributed by atoms with E-state index in [4.69, 9.17) is 16.6 Å². The number of halogens is 1. The average molecular weight is 565 g/mol. The van der Waals surface area contributed by atoms with Crippen LogP contribution in [0.1, 0.15) is 69.7 Å². The van der Waals surface area contributed by atoms with Crippen LogP contribution in [0.25, 0.3) is 0 Å². The van der Waals surface area contributed by atoms with Gasteiger partial charge in [-0.2, -0.15) is 0 Å². The molecule has 2 amide bonds. The summed E-state index contributed by atoms with van der Waals surface area (Å²) in [6.07, 6.45) is 2.34. The van der Waals surface area contributed by atoms with Gasteiger partial charge in [0.25, 0.3) is 5.91 Å². The number of amides is 2. The fraction of sp³-hybridized carbons (Fsp3) is 0.452. The third kappa shape index (κ3) is 4.67. The Bertz CT molecular complexity index is 1340. The molecule has 39 heavy (non-hydrogen) atoms. The number of likely N-dealkylation sites (N-methyl/N-ethyl adjacent to an activating group) is 1. The van der Waals surface area contributed by atoms with Gasteiger partial charge in [-0.15, -0.1) is 0 Å². The molecular weight excluding hydrogens is 528 g/mol. The van der Waals surface area contributed by atoms with Gasteiger partial charge in [0.15, 0.2) is 5.17 Å². The molecule has 3 aliphatic rings. The molecule has 2 unspecified atom stereocenters. The number of fused-ring (bicyclic) bond motifs is 1. The Kier molecular flexibility index (Phi) is 7.59. The van der Waals surface area contributed by atoms with Crippen molar-refractivity contribution >= 4 is 40.3 Å². The molecule has 1 saturated heterocycles. The molecule has 1 N–H and O–H groups in total. The summed E-state index contributed by atoms with van der Waals surface area (Å²) in [4.78, 5) is 37.2. The molecule has 3 heterocycles. The maximum atomic E-state index is 14.3. The topological polar surface area (TPSA) is 65.0 Å². The Balaban J connectivity index is 1.63. The Morgan fingerprint density at radius 2 is 1.79 bits per heavy atom. The van der Waals surface area contributed by atoms with Crippen molar-refractivity contribution < 1.29 is 9.59 Å². The largest absolute Gasteiger partial charge is 0.357 e. The van der Waals surface area contributed by atoms with E-state index in [1.54, 1.807) is 7.05 Å². The number of benzene rings is 2. The van der Waals surface area contributed by atoms with Crippen molar-refractivity contribution in [2.75, 3.05) is 7.05 Å². The van der Waals surface area contributed by atoms with Crippen LogP contribution in [0.3, 0.4) is 0 Å². The number of carbonyl (C=O) groups excluding carboxylic acids is 2. The van der Waals surface area contributed by atoms with Gasteiger partial charge in [0.2, 0.25) is 5.91 Å². The number of hydrogen-bond acceptors (Lipinski definition) is 5. The zero-order valence-corrected chi connectivity index (χ0v) is 25.1. The molecule has 2 aromatic carbocycles. The second-order valence-corrected chi connectivity index (χ2v) is 12.6. The zero-order valence-electron chi connectivity index (χ0n) is 23.5. The first-order valence-corrected chi connectivity index (χ1v) is 15.0. The second kappa shape index (κ2) is 10.7. The minimum absolute atomic E-state index is 0.0471. The molecule has 0 bridgehead atoms. The Hall–Kier alpha value is -2.77. The number of aliphatic imine (C=N–C) groups is 1. The van der Waals surface area contributed by atoms with E-state index in [0.29, 0.717) is 16.3 Å². The first-order chi connectivity index (χ1) is 18.6. The highest BCUT2D eigenvalue weighted by molar-refractivity contribution is 8.18. The summed E-state index contributed by atoms with van der Waals surface area (Å²) < 4.78 is 0. The molecule has 206 valence electrons. The van der Waals surface area contributed by atoms with Gasteiger partial charge in [-0.25, -0.2) is 4.99 Å². The molecule has 0 aromatic heterocycles. The normalized spacial score (nSPS) is 26.4. The van der Waals surface area contributed by atoms with E-state index >= 15 is 0 Å². The number of aryl methyl sites for hydroxylation is 1. The van der Waals surface area contributed by atoms with Gasteiger partial charge >= 0.3 is 0 Å². The summed E-state index contributed by atoms with van der Waals surface area (Å²) in [5.41, 5.74) is 3.80. The molecule has 1 fully saturated rings. The lowest BCUT2D eigenvalue weighted by Gasteiger charge is -2.37. The third-order valence-electron chi connectivity index (χ3n) is 8.33. The summed E-state index contributed by atoms with van der Waals surface area (Å²) >= 11 is 7.71. The molecule has 0 aliphatic carbocycles. The molecule has 6 nitrogen and oxygen atoms in total. The van der Waals surface area contributed by atoms with Gasteiger partial charge in [0, 0.05) is 23.8 Å². The highest BCUT2D eigenvalue weighted by Crippen LogP contribution is 2.56. The molecule has 0 saturated carbocycles. The van der Waals surface area contributed by atoms with Crippen molar-refractivity contribution in [2.24, 2.45) is 10.9 Å². The van der Waals surface area contributed by atoms with Gasteiger partial charge in [0.1, 0.15) is 16.5 Å². The smallest absolute Gasteiger partial charge is 0.263 e. The lowest BCUT2D eigenvalue weighted by atomic mass is 9.81. The van der Waals surface area contributed by atoms with Crippen molar-refractivity contribution in [3.05, 3.63) is 80.8 Å². The van der Waals surface area contributed by atoms with Gasteiger partial charge < -0.3 is 15.1 Å². The van der Waals surface area contributed by atoms with Crippen LogP contribution in [0.5, 0.6) is 0 Å². The fourth-order valence-electron chi connectivity index (χ4n) is 6.30. The summed E-state index contributed by atoms with van der Waals surface area (Å²) in [5.74, 6) is -0.0833. The van der Waals surface area contributed by atoms with Crippen LogP contribution >= 0.6 is 23.4 Å². The Morgan fingerprint density at radius 1 is 1.13 bits per heavy atom. The van der Waals surface area contributed by atoms with Crippen LogP contribution in [0.2, 0.25) is 5.02 Å². The zero-order chi connectivity index (χ0) is 28.1. The summed E-state index contributed by atoms with van der Waals surface area (Å²) in [6, 6.07) is 16.0. The number of likely N-dealkylation sites (tertiary alicyclic amines) is 1. The lowest BCUT2D eigenvalue weighted by molar-refractivity contribution is -0.137. The van der Waals surface area contributed by atoms with Crippen LogP contribution in [0, 0.1) is 12.8 Å². The summed E-state index contributed by atoms with van der Waals surface area (Å²) in [5, 5.41) is 4.28. The Labute approximate surface area is 240 Å². The van der Waals surface area contributed by atoms with Crippen molar-refractivity contribution in [1.82, 2.24) is 15.1 Å². The average Bonchev–Trinajstić information content (AvgIpc) is 3.59. The van der Waals surface area contributed by atoms with Crippen molar-refractivity contribution in [3.8, 4) is 0 Å². The highest BCUT2D eigenvalue weighted by atomic mass is 35.5. The molecule has 0 spiro atoms. The van der Waals surface area contributed by atoms with E-state index in [1.165, 1.54) is 17.3 Å². The SMILES string of the molecule is CC[C@@H]1CCC(C(=O)NC)N1C(=O)C1=C(C(C)C)N2C(=NC(C)(c3ccc(Cl)cc3)[C@H]2c2ccc(C)cc2)S1. The predicted molar refractivity (Wildman–Crippen MR) is 159 cm³/mol. The van der Waals surface area contributed by atoms with Gasteiger partial charge in [-0.1, -0.05) is 74.3 Å². The molecular formula is C31H37ClN4O2S. The first-order valence-electron chi connectivity index (χ1n) is 13.8. The van der Waals surface area contributed by atoms with E-state index in [-0.39, 0.29) is 29.8 Å². The lowest BCUT2D eigenvalue weighted by Crippen LogP contribution is -2.48. The molecule has 4 atom stereocenters. The van der Waals surface area contributed by atoms with E-state index in [0.717, 1.165) is 34.8 Å². The van der Waals surface area contributed by atoms with E-state index in [9.17, 15) is 9.59 Å². The number of nitrogens with zero attached hydrogens (tertiary/aromatic N) is 3. The number of thioether (sulfide) groups is 1. The van der Waals surface area contributed by atoms with E-state index in [1.807, 2.05) is 17.0 Å². The molecule has 2 aromatic rings. The second-order valence-electron chi connectivity index (χ2n) is 11.2. The van der Waals surface area contributed by atoms with Crippen LogP contribution < -0.4 is 5.32 Å². The van der Waals surface area contributed by atoms with Crippen molar-refractivity contribution in [3.63, 3.8) is 0 Å². The molecule has 8 heteroatoms. The first kappa shape index (κ1) is 27.8. The number of amidine groups is 1. The Morgan fingerprint density at radius 3 is 2.38 bits per heavy atom. The number of carbonyl (C=O) groups is 2. The van der Waals surface area contributed by atoms with Crippen molar-refractivity contribution in [1.29, 1.82) is 0 Å². The molecule has 3 aliphatic heterocycles. The maximum Gasteiger partial charge on any atom is 0.263 e. The third-order valence-corrected chi connectivity index (χ3v) is 9.64. The van der Waals surface area contributed by atoms with E-state index < -0.39 is 11.6 Å². The van der Waals surface area contributed by atoms with E-state index in [2.05, 4.69) is 81.2 Å². The number of hydrogen-bond donors (Lipinski definition) is 1. The maximum absolute atomic E-state index is 14.3. The minimum Gasteiger partial charge on any atom is -0.357 e. The summed E-state index contributed by atoms with van der Waals surface area (Å²) in [6.45, 7) is 10.6. The quantitative estimate of drug-likeness (QED) is 0.440. The van der Waals surface area contributed by atoms with Crippen LogP contribution in [-0.4, -0.2) is 45.9 Å². The number of allylic oxidation sites excluding steroid dienone is 1. The number of rotatable bonds is 6. The molecule has 5 rings (SSSR count). The molecule has 0 radical (unpaired) electrons. The van der Waals surface area contributed by atoms with Gasteiger partial charge in [-0.05, 0) is 74.0 Å². The number of nitrogens with one attached hydrogen (secondary N) is 1. The predicted octanol–water partition coefficient (Wildman–Crippen LogP) is 6.41. The van der Waals surface area contributed by atoms with Crippen LogP contribution in [0.15, 0.2) is 64.1 Å². The van der Waals surface area contributed by atoms with Crippen LogP contribution in [0.4, 0.5) is 0 Å².